The van der Waals surface area contributed by atoms with Crippen LogP contribution in [-0.2, 0) is 18.0 Å². The molecule has 3 rings (SSSR count). The molecule has 2 aromatic carbocycles. The number of amides is 1. The van der Waals surface area contributed by atoms with Crippen molar-refractivity contribution in [2.45, 2.75) is 18.3 Å². The van der Waals surface area contributed by atoms with Gasteiger partial charge in [0, 0.05) is 18.3 Å². The standard InChI is InChI=1S/C19H17F3N4OS/c1-12-6-3-4-9-15(12)17-24-25-18(26(17)2)28-11-16(27)23-14-8-5-7-13(10-14)19(20,21)22/h3-10H,11H2,1-2H3,(H,23,27). The first-order valence-corrected chi connectivity index (χ1v) is 9.29. The highest BCUT2D eigenvalue weighted by Gasteiger charge is 2.30. The average molecular weight is 406 g/mol. The summed E-state index contributed by atoms with van der Waals surface area (Å²) in [6.07, 6.45) is -4.46. The van der Waals surface area contributed by atoms with Gasteiger partial charge in [0.25, 0.3) is 0 Å². The van der Waals surface area contributed by atoms with Crippen LogP contribution >= 0.6 is 11.8 Å². The van der Waals surface area contributed by atoms with Crippen molar-refractivity contribution in [2.75, 3.05) is 11.1 Å². The molecule has 0 bridgehead atoms. The summed E-state index contributed by atoms with van der Waals surface area (Å²) in [7, 11) is 1.80. The number of halogens is 3. The summed E-state index contributed by atoms with van der Waals surface area (Å²) in [6.45, 7) is 1.97. The molecular weight excluding hydrogens is 389 g/mol. The van der Waals surface area contributed by atoms with Gasteiger partial charge in [-0.15, -0.1) is 10.2 Å². The van der Waals surface area contributed by atoms with E-state index >= 15 is 0 Å². The Bertz CT molecular complexity index is 1000. The Morgan fingerprint density at radius 2 is 1.89 bits per heavy atom. The molecular formula is C19H17F3N4OS. The second-order valence-electron chi connectivity index (χ2n) is 6.10. The lowest BCUT2D eigenvalue weighted by molar-refractivity contribution is -0.137. The summed E-state index contributed by atoms with van der Waals surface area (Å²) in [4.78, 5) is 12.1. The molecule has 1 heterocycles. The summed E-state index contributed by atoms with van der Waals surface area (Å²) < 4.78 is 40.0. The van der Waals surface area contributed by atoms with E-state index in [0.717, 1.165) is 35.0 Å². The van der Waals surface area contributed by atoms with Crippen molar-refractivity contribution in [3.05, 3.63) is 59.7 Å². The first-order chi connectivity index (χ1) is 13.3. The molecule has 0 saturated heterocycles. The Hall–Kier alpha value is -2.81. The first kappa shape index (κ1) is 19.9. The van der Waals surface area contributed by atoms with Crippen molar-refractivity contribution in [2.24, 2.45) is 7.05 Å². The van der Waals surface area contributed by atoms with Crippen LogP contribution in [0.2, 0.25) is 0 Å². The lowest BCUT2D eigenvalue weighted by atomic mass is 10.1. The van der Waals surface area contributed by atoms with Crippen molar-refractivity contribution in [1.82, 2.24) is 14.8 Å². The van der Waals surface area contributed by atoms with Crippen molar-refractivity contribution >= 4 is 23.4 Å². The van der Waals surface area contributed by atoms with Crippen molar-refractivity contribution in [1.29, 1.82) is 0 Å². The zero-order valence-corrected chi connectivity index (χ0v) is 15.9. The predicted octanol–water partition coefficient (Wildman–Crippen LogP) is 4.54. The van der Waals surface area contributed by atoms with Crippen LogP contribution in [0.15, 0.2) is 53.7 Å². The van der Waals surface area contributed by atoms with Crippen LogP contribution < -0.4 is 5.32 Å². The largest absolute Gasteiger partial charge is 0.416 e. The van der Waals surface area contributed by atoms with Crippen molar-refractivity contribution in [3.8, 4) is 11.4 Å². The minimum atomic E-state index is -4.46. The molecule has 0 saturated carbocycles. The third-order valence-electron chi connectivity index (χ3n) is 4.03. The summed E-state index contributed by atoms with van der Waals surface area (Å²) in [6, 6.07) is 12.3. The number of rotatable bonds is 5. The lowest BCUT2D eigenvalue weighted by Crippen LogP contribution is -2.15. The van der Waals surface area contributed by atoms with Gasteiger partial charge in [-0.3, -0.25) is 4.79 Å². The molecule has 3 aromatic rings. The fraction of sp³-hybridized carbons (Fsp3) is 0.211. The smallest absolute Gasteiger partial charge is 0.325 e. The van der Waals surface area contributed by atoms with E-state index in [2.05, 4.69) is 15.5 Å². The Morgan fingerprint density at radius 1 is 1.14 bits per heavy atom. The maximum absolute atomic E-state index is 12.8. The number of aromatic nitrogens is 3. The van der Waals surface area contributed by atoms with Crippen LogP contribution in [0.25, 0.3) is 11.4 Å². The second-order valence-corrected chi connectivity index (χ2v) is 7.04. The number of nitrogens with zero attached hydrogens (tertiary/aromatic N) is 3. The van der Waals surface area contributed by atoms with E-state index in [4.69, 9.17) is 0 Å². The normalized spacial score (nSPS) is 11.5. The first-order valence-electron chi connectivity index (χ1n) is 8.31. The SMILES string of the molecule is Cc1ccccc1-c1nnc(SCC(=O)Nc2cccc(C(F)(F)F)c2)n1C. The van der Waals surface area contributed by atoms with E-state index in [9.17, 15) is 18.0 Å². The van der Waals surface area contributed by atoms with E-state index in [1.54, 1.807) is 11.6 Å². The average Bonchev–Trinajstić information content (AvgIpc) is 3.00. The Balaban J connectivity index is 1.65. The molecule has 0 unspecified atom stereocenters. The Morgan fingerprint density at radius 3 is 2.61 bits per heavy atom. The van der Waals surface area contributed by atoms with Crippen LogP contribution in [0.1, 0.15) is 11.1 Å². The fourth-order valence-electron chi connectivity index (χ4n) is 2.60. The lowest BCUT2D eigenvalue weighted by Gasteiger charge is -2.10. The number of aryl methyl sites for hydroxylation is 1. The number of hydrogen-bond donors (Lipinski definition) is 1. The van der Waals surface area contributed by atoms with Crippen LogP contribution in [-0.4, -0.2) is 26.4 Å². The molecule has 5 nitrogen and oxygen atoms in total. The number of carbonyl (C=O) groups excluding carboxylic acids is 1. The molecule has 0 aliphatic rings. The topological polar surface area (TPSA) is 59.8 Å². The summed E-state index contributed by atoms with van der Waals surface area (Å²) in [5, 5.41) is 11.3. The van der Waals surface area contributed by atoms with Crippen LogP contribution in [0.4, 0.5) is 18.9 Å². The molecule has 0 aliphatic carbocycles. The fourth-order valence-corrected chi connectivity index (χ4v) is 3.31. The predicted molar refractivity (Wildman–Crippen MR) is 102 cm³/mol. The summed E-state index contributed by atoms with van der Waals surface area (Å²) >= 11 is 1.16. The van der Waals surface area contributed by atoms with Gasteiger partial charge in [-0.05, 0) is 30.7 Å². The van der Waals surface area contributed by atoms with E-state index in [1.165, 1.54) is 12.1 Å². The Kier molecular flexibility index (Phi) is 5.73. The van der Waals surface area contributed by atoms with Gasteiger partial charge >= 0.3 is 6.18 Å². The van der Waals surface area contributed by atoms with Gasteiger partial charge in [0.2, 0.25) is 5.91 Å². The number of benzene rings is 2. The van der Waals surface area contributed by atoms with E-state index in [0.29, 0.717) is 11.0 Å². The molecule has 0 atom stereocenters. The van der Waals surface area contributed by atoms with Gasteiger partial charge < -0.3 is 9.88 Å². The number of hydrogen-bond acceptors (Lipinski definition) is 4. The van der Waals surface area contributed by atoms with Crippen LogP contribution in [0.5, 0.6) is 0 Å². The molecule has 0 radical (unpaired) electrons. The maximum atomic E-state index is 12.8. The quantitative estimate of drug-likeness (QED) is 0.632. The van der Waals surface area contributed by atoms with Crippen molar-refractivity contribution < 1.29 is 18.0 Å². The molecule has 1 N–H and O–H groups in total. The summed E-state index contributed by atoms with van der Waals surface area (Å²) in [5.74, 6) is 0.249. The van der Waals surface area contributed by atoms with Crippen LogP contribution in [0, 0.1) is 6.92 Å². The van der Waals surface area contributed by atoms with Gasteiger partial charge in [0.15, 0.2) is 11.0 Å². The second kappa shape index (κ2) is 8.05. The minimum absolute atomic E-state index is 0.00398. The summed E-state index contributed by atoms with van der Waals surface area (Å²) in [5.41, 5.74) is 1.28. The van der Waals surface area contributed by atoms with Gasteiger partial charge in [-0.25, -0.2) is 0 Å². The molecule has 1 amide bonds. The third-order valence-corrected chi connectivity index (χ3v) is 5.05. The zero-order chi connectivity index (χ0) is 20.3. The molecule has 28 heavy (non-hydrogen) atoms. The van der Waals surface area contributed by atoms with Crippen LogP contribution in [0.3, 0.4) is 0 Å². The number of alkyl halides is 3. The zero-order valence-electron chi connectivity index (χ0n) is 15.1. The van der Waals surface area contributed by atoms with E-state index < -0.39 is 17.6 Å². The van der Waals surface area contributed by atoms with Gasteiger partial charge in [-0.2, -0.15) is 13.2 Å². The van der Waals surface area contributed by atoms with Crippen molar-refractivity contribution in [3.63, 3.8) is 0 Å². The number of thioether (sulfide) groups is 1. The highest BCUT2D eigenvalue weighted by atomic mass is 32.2. The molecule has 0 spiro atoms. The molecule has 146 valence electrons. The number of carbonyl (C=O) groups is 1. The third kappa shape index (κ3) is 4.53. The van der Waals surface area contributed by atoms with Gasteiger partial charge in [-0.1, -0.05) is 42.1 Å². The molecule has 0 aliphatic heterocycles. The highest BCUT2D eigenvalue weighted by molar-refractivity contribution is 7.99. The Labute approximate surface area is 164 Å². The van der Waals surface area contributed by atoms with E-state index in [-0.39, 0.29) is 11.4 Å². The van der Waals surface area contributed by atoms with Gasteiger partial charge in [0.05, 0.1) is 11.3 Å². The molecule has 1 aromatic heterocycles. The molecule has 9 heteroatoms. The highest BCUT2D eigenvalue weighted by Crippen LogP contribution is 2.31. The number of anilines is 1. The monoisotopic (exact) mass is 406 g/mol. The van der Waals surface area contributed by atoms with E-state index in [1.807, 2.05) is 31.2 Å². The van der Waals surface area contributed by atoms with Gasteiger partial charge in [0.1, 0.15) is 0 Å². The maximum Gasteiger partial charge on any atom is 0.416 e. The minimum Gasteiger partial charge on any atom is -0.325 e. The molecule has 0 fully saturated rings. The number of nitrogens with one attached hydrogen (secondary N) is 1.